The molecule has 0 aliphatic heterocycles. The summed E-state index contributed by atoms with van der Waals surface area (Å²) in [7, 11) is 0. The number of carbonyl (C=O) groups excluding carboxylic acids is 1. The first-order valence-corrected chi connectivity index (χ1v) is 10.5. The van der Waals surface area contributed by atoms with E-state index in [4.69, 9.17) is 11.6 Å². The Bertz CT molecular complexity index is 1040. The van der Waals surface area contributed by atoms with Crippen LogP contribution in [-0.4, -0.2) is 28.7 Å². The number of hydrogen-bond donors (Lipinski definition) is 0. The van der Waals surface area contributed by atoms with Crippen LogP contribution in [0.4, 0.5) is 18.3 Å². The van der Waals surface area contributed by atoms with Crippen LogP contribution in [0.5, 0.6) is 5.75 Å². The van der Waals surface area contributed by atoms with Crippen molar-refractivity contribution in [2.45, 2.75) is 33.2 Å². The van der Waals surface area contributed by atoms with Crippen LogP contribution in [0.2, 0.25) is 5.02 Å². The molecule has 0 aliphatic carbocycles. The lowest BCUT2D eigenvalue weighted by molar-refractivity contribution is -0.274. The van der Waals surface area contributed by atoms with Crippen molar-refractivity contribution in [2.75, 3.05) is 11.4 Å². The van der Waals surface area contributed by atoms with Crippen LogP contribution in [0.1, 0.15) is 33.5 Å². The average Bonchev–Trinajstić information content (AvgIpc) is 3.08. The fourth-order valence-corrected chi connectivity index (χ4v) is 4.00. The van der Waals surface area contributed by atoms with Gasteiger partial charge < -0.3 is 9.64 Å². The van der Waals surface area contributed by atoms with Gasteiger partial charge >= 0.3 is 6.36 Å². The summed E-state index contributed by atoms with van der Waals surface area (Å²) in [5.74, 6) is -0.370. The van der Waals surface area contributed by atoms with Crippen molar-refractivity contribution in [3.8, 4) is 5.75 Å². The van der Waals surface area contributed by atoms with Crippen LogP contribution in [0.3, 0.4) is 0 Å². The first-order chi connectivity index (χ1) is 14.6. The van der Waals surface area contributed by atoms with Crippen LogP contribution in [0.25, 0.3) is 0 Å². The zero-order chi connectivity index (χ0) is 22.6. The highest BCUT2D eigenvalue weighted by Crippen LogP contribution is 2.28. The molecule has 10 heteroatoms. The normalized spacial score (nSPS) is 11.4. The Kier molecular flexibility index (Phi) is 7.17. The number of ether oxygens (including phenoxy) is 1. The van der Waals surface area contributed by atoms with Gasteiger partial charge in [0.05, 0.1) is 17.3 Å². The van der Waals surface area contributed by atoms with E-state index in [1.807, 2.05) is 17.9 Å². The van der Waals surface area contributed by atoms with Crippen LogP contribution >= 0.6 is 22.9 Å². The Morgan fingerprint density at radius 2 is 1.90 bits per heavy atom. The van der Waals surface area contributed by atoms with Crippen molar-refractivity contribution in [1.82, 2.24) is 9.97 Å². The van der Waals surface area contributed by atoms with E-state index in [-0.39, 0.29) is 11.5 Å². The molecule has 0 saturated heterocycles. The van der Waals surface area contributed by atoms with Crippen molar-refractivity contribution >= 4 is 33.9 Å². The fourth-order valence-electron chi connectivity index (χ4n) is 2.90. The van der Waals surface area contributed by atoms with Crippen molar-refractivity contribution < 1.29 is 22.7 Å². The maximum atomic E-state index is 12.3. The lowest BCUT2D eigenvalue weighted by atomic mass is 10.1. The predicted octanol–water partition coefficient (Wildman–Crippen LogP) is 5.85. The molecule has 31 heavy (non-hydrogen) atoms. The van der Waals surface area contributed by atoms with E-state index in [1.165, 1.54) is 30.4 Å². The third kappa shape index (κ3) is 6.67. The first kappa shape index (κ1) is 23.0. The maximum absolute atomic E-state index is 12.3. The standard InChI is InChI=1S/C21H19ClF3N3O2S/c1-13(29)19-14(2)31-20(27-19)28(12-17-6-5-16(22)11-26-17)10-9-15-3-7-18(8-4-15)30-21(23,24)25/h3-8,11H,9-10,12H2,1-2H3. The van der Waals surface area contributed by atoms with E-state index in [2.05, 4.69) is 14.7 Å². The highest BCUT2D eigenvalue weighted by molar-refractivity contribution is 7.15. The summed E-state index contributed by atoms with van der Waals surface area (Å²) in [6.07, 6.45) is -2.61. The zero-order valence-electron chi connectivity index (χ0n) is 16.7. The van der Waals surface area contributed by atoms with Gasteiger partial charge in [0.1, 0.15) is 11.4 Å². The third-order valence-corrected chi connectivity index (χ3v) is 5.61. The molecule has 2 aromatic heterocycles. The largest absolute Gasteiger partial charge is 0.573 e. The zero-order valence-corrected chi connectivity index (χ0v) is 18.3. The number of nitrogens with zero attached hydrogens (tertiary/aromatic N) is 3. The smallest absolute Gasteiger partial charge is 0.406 e. The first-order valence-electron chi connectivity index (χ1n) is 9.29. The lowest BCUT2D eigenvalue weighted by Crippen LogP contribution is -2.26. The van der Waals surface area contributed by atoms with Crippen LogP contribution in [-0.2, 0) is 13.0 Å². The van der Waals surface area contributed by atoms with Gasteiger partial charge in [-0.05, 0) is 43.2 Å². The molecule has 0 atom stereocenters. The Morgan fingerprint density at radius 1 is 1.19 bits per heavy atom. The molecule has 0 bridgehead atoms. The Morgan fingerprint density at radius 3 is 2.45 bits per heavy atom. The van der Waals surface area contributed by atoms with E-state index in [9.17, 15) is 18.0 Å². The molecule has 3 rings (SSSR count). The topological polar surface area (TPSA) is 55.3 Å². The molecule has 0 N–H and O–H groups in total. The lowest BCUT2D eigenvalue weighted by Gasteiger charge is -2.21. The second-order valence-corrected chi connectivity index (χ2v) is 8.41. The minimum atomic E-state index is -4.72. The Balaban J connectivity index is 1.77. The molecule has 0 radical (unpaired) electrons. The number of pyridine rings is 1. The predicted molar refractivity (Wildman–Crippen MR) is 114 cm³/mol. The van der Waals surface area contributed by atoms with Crippen LogP contribution < -0.4 is 9.64 Å². The number of ketones is 1. The molecule has 1 aromatic carbocycles. The molecule has 5 nitrogen and oxygen atoms in total. The minimum Gasteiger partial charge on any atom is -0.406 e. The van der Waals surface area contributed by atoms with E-state index in [0.29, 0.717) is 35.4 Å². The van der Waals surface area contributed by atoms with E-state index in [1.54, 1.807) is 24.4 Å². The number of anilines is 1. The SMILES string of the molecule is CC(=O)c1nc(N(CCc2ccc(OC(F)(F)F)cc2)Cc2ccc(Cl)cn2)sc1C. The van der Waals surface area contributed by atoms with Gasteiger partial charge in [-0.2, -0.15) is 0 Å². The second kappa shape index (κ2) is 9.65. The van der Waals surface area contributed by atoms with Gasteiger partial charge in [0.2, 0.25) is 0 Å². The van der Waals surface area contributed by atoms with Crippen molar-refractivity contribution in [3.05, 3.63) is 69.4 Å². The highest BCUT2D eigenvalue weighted by atomic mass is 35.5. The van der Waals surface area contributed by atoms with Gasteiger partial charge in [0.25, 0.3) is 0 Å². The molecule has 0 fully saturated rings. The number of benzene rings is 1. The molecular formula is C21H19ClF3N3O2S. The average molecular weight is 470 g/mol. The summed E-state index contributed by atoms with van der Waals surface area (Å²) in [6.45, 7) is 4.28. The van der Waals surface area contributed by atoms with Crippen LogP contribution in [0, 0.1) is 6.92 Å². The maximum Gasteiger partial charge on any atom is 0.573 e. The number of carbonyl (C=O) groups is 1. The fraction of sp³-hybridized carbons (Fsp3) is 0.286. The van der Waals surface area contributed by atoms with Gasteiger partial charge in [-0.3, -0.25) is 9.78 Å². The number of halogens is 4. The molecule has 0 unspecified atom stereocenters. The molecule has 3 aromatic rings. The minimum absolute atomic E-state index is 0.107. The molecule has 0 aliphatic rings. The number of Topliss-reactive ketones (excluding diaryl/α,β-unsaturated/α-hetero) is 1. The number of thiazole rings is 1. The van der Waals surface area contributed by atoms with E-state index < -0.39 is 6.36 Å². The molecule has 2 heterocycles. The third-order valence-electron chi connectivity index (χ3n) is 4.36. The number of aromatic nitrogens is 2. The molecule has 164 valence electrons. The Hall–Kier alpha value is -2.65. The van der Waals surface area contributed by atoms with E-state index in [0.717, 1.165) is 16.1 Å². The number of aryl methyl sites for hydroxylation is 1. The van der Waals surface area contributed by atoms with Crippen LogP contribution in [0.15, 0.2) is 42.6 Å². The van der Waals surface area contributed by atoms with Gasteiger partial charge in [-0.1, -0.05) is 23.7 Å². The van der Waals surface area contributed by atoms with Crippen molar-refractivity contribution in [2.24, 2.45) is 0 Å². The number of hydrogen-bond acceptors (Lipinski definition) is 6. The van der Waals surface area contributed by atoms with Crippen molar-refractivity contribution in [1.29, 1.82) is 0 Å². The highest BCUT2D eigenvalue weighted by Gasteiger charge is 2.31. The summed E-state index contributed by atoms with van der Waals surface area (Å²) >= 11 is 7.33. The van der Waals surface area contributed by atoms with Gasteiger partial charge in [0.15, 0.2) is 10.9 Å². The quantitative estimate of drug-likeness (QED) is 0.387. The molecule has 0 saturated carbocycles. The number of alkyl halides is 3. The number of rotatable bonds is 8. The molecule has 0 amide bonds. The molecule has 0 spiro atoms. The monoisotopic (exact) mass is 469 g/mol. The van der Waals surface area contributed by atoms with Gasteiger partial charge in [-0.25, -0.2) is 4.98 Å². The summed E-state index contributed by atoms with van der Waals surface area (Å²) in [6, 6.07) is 9.31. The summed E-state index contributed by atoms with van der Waals surface area (Å²) < 4.78 is 40.9. The van der Waals surface area contributed by atoms with Gasteiger partial charge in [0, 0.05) is 24.5 Å². The Labute approximate surface area is 186 Å². The summed E-state index contributed by atoms with van der Waals surface area (Å²) in [4.78, 5) is 23.4. The van der Waals surface area contributed by atoms with Crippen molar-refractivity contribution in [3.63, 3.8) is 0 Å². The van der Waals surface area contributed by atoms with E-state index >= 15 is 0 Å². The van der Waals surface area contributed by atoms with Gasteiger partial charge in [-0.15, -0.1) is 24.5 Å². The summed E-state index contributed by atoms with van der Waals surface area (Å²) in [5.41, 5.74) is 2.04. The molecular weight excluding hydrogens is 451 g/mol. The summed E-state index contributed by atoms with van der Waals surface area (Å²) in [5, 5.41) is 1.21. The second-order valence-electron chi connectivity index (χ2n) is 6.79.